The third-order valence-electron chi connectivity index (χ3n) is 6.22. The lowest BCUT2D eigenvalue weighted by molar-refractivity contribution is 0.451. The molecule has 0 heterocycles. The molecule has 0 aliphatic heterocycles. The Kier molecular flexibility index (Phi) is 7.48. The van der Waals surface area contributed by atoms with Crippen LogP contribution in [-0.4, -0.2) is 0 Å². The van der Waals surface area contributed by atoms with Crippen molar-refractivity contribution in [1.82, 2.24) is 0 Å². The predicted molar refractivity (Wildman–Crippen MR) is 127 cm³/mol. The van der Waals surface area contributed by atoms with Crippen LogP contribution in [0.2, 0.25) is 0 Å². The van der Waals surface area contributed by atoms with Crippen LogP contribution in [0.25, 0.3) is 33.0 Å². The summed E-state index contributed by atoms with van der Waals surface area (Å²) < 4.78 is 85.4. The Hall–Kier alpha value is -3.28. The van der Waals surface area contributed by atoms with Gasteiger partial charge in [-0.05, 0) is 65.3 Å². The number of aryl methyl sites for hydroxylation is 1. The van der Waals surface area contributed by atoms with Gasteiger partial charge in [0.1, 0.15) is 17.5 Å². The average molecular weight is 486 g/mol. The van der Waals surface area contributed by atoms with Crippen molar-refractivity contribution in [2.75, 3.05) is 0 Å². The molecule has 0 fully saturated rings. The van der Waals surface area contributed by atoms with E-state index in [0.29, 0.717) is 11.6 Å². The second kappa shape index (κ2) is 10.5. The van der Waals surface area contributed by atoms with Crippen LogP contribution >= 0.6 is 0 Å². The molecule has 0 nitrogen and oxygen atoms in total. The maximum atomic E-state index is 15.0. The van der Waals surface area contributed by atoms with Gasteiger partial charge in [0.05, 0.1) is 5.39 Å². The van der Waals surface area contributed by atoms with Crippen molar-refractivity contribution >= 4 is 10.8 Å². The summed E-state index contributed by atoms with van der Waals surface area (Å²) in [6, 6.07) is 11.6. The molecule has 0 saturated heterocycles. The van der Waals surface area contributed by atoms with Gasteiger partial charge in [0, 0.05) is 11.1 Å². The first-order valence-corrected chi connectivity index (χ1v) is 11.7. The molecule has 4 rings (SSSR count). The van der Waals surface area contributed by atoms with E-state index in [-0.39, 0.29) is 22.1 Å². The summed E-state index contributed by atoms with van der Waals surface area (Å²) in [6.45, 7) is 2.15. The standard InChI is InChI=1S/C29H24F6/c1-2-3-4-5-6-7-17-8-10-21(23(30)12-17)18-9-11-22(24(31)14-18)19-13-20-16-26(33)28(34)29(35)27(20)25(32)15-19/h8-16H,2-7H2,1H3. The van der Waals surface area contributed by atoms with Gasteiger partial charge >= 0.3 is 0 Å². The second-order valence-electron chi connectivity index (χ2n) is 8.72. The van der Waals surface area contributed by atoms with E-state index in [1.165, 1.54) is 30.7 Å². The molecule has 0 amide bonds. The van der Waals surface area contributed by atoms with Crippen molar-refractivity contribution in [3.8, 4) is 22.3 Å². The van der Waals surface area contributed by atoms with Gasteiger partial charge in [-0.15, -0.1) is 0 Å². The van der Waals surface area contributed by atoms with Gasteiger partial charge in [0.2, 0.25) is 0 Å². The number of unbranched alkanes of at least 4 members (excludes halogenated alkanes) is 4. The minimum Gasteiger partial charge on any atom is -0.206 e. The molecule has 0 unspecified atom stereocenters. The first kappa shape index (κ1) is 24.8. The number of fused-ring (bicyclic) bond motifs is 1. The third kappa shape index (κ3) is 5.21. The van der Waals surface area contributed by atoms with E-state index in [1.807, 2.05) is 6.07 Å². The fourth-order valence-electron chi connectivity index (χ4n) is 4.34. The van der Waals surface area contributed by atoms with E-state index in [4.69, 9.17) is 0 Å². The molecule has 0 bridgehead atoms. The molecule has 0 radical (unpaired) electrons. The number of halogens is 6. The molecular formula is C29H24F6. The molecule has 0 spiro atoms. The van der Waals surface area contributed by atoms with Crippen LogP contribution in [0.5, 0.6) is 0 Å². The van der Waals surface area contributed by atoms with E-state index < -0.39 is 40.3 Å². The molecule has 0 aliphatic carbocycles. The predicted octanol–water partition coefficient (Wildman–Crippen LogP) is 9.52. The van der Waals surface area contributed by atoms with Crippen LogP contribution in [0.4, 0.5) is 26.3 Å². The van der Waals surface area contributed by atoms with Crippen LogP contribution in [0, 0.1) is 34.9 Å². The number of hydrogen-bond acceptors (Lipinski definition) is 0. The lowest BCUT2D eigenvalue weighted by Crippen LogP contribution is -1.96. The zero-order valence-corrected chi connectivity index (χ0v) is 19.2. The minimum absolute atomic E-state index is 0.0170. The van der Waals surface area contributed by atoms with Gasteiger partial charge in [0.25, 0.3) is 0 Å². The third-order valence-corrected chi connectivity index (χ3v) is 6.22. The Morgan fingerprint density at radius 3 is 1.91 bits per heavy atom. The van der Waals surface area contributed by atoms with E-state index >= 15 is 4.39 Å². The quantitative estimate of drug-likeness (QED) is 0.132. The fourth-order valence-corrected chi connectivity index (χ4v) is 4.34. The highest BCUT2D eigenvalue weighted by Gasteiger charge is 2.19. The van der Waals surface area contributed by atoms with Gasteiger partial charge in [-0.3, -0.25) is 0 Å². The lowest BCUT2D eigenvalue weighted by atomic mass is 9.96. The number of hydrogen-bond donors (Lipinski definition) is 0. The molecule has 35 heavy (non-hydrogen) atoms. The normalized spacial score (nSPS) is 11.4. The molecule has 6 heteroatoms. The van der Waals surface area contributed by atoms with Crippen molar-refractivity contribution in [2.24, 2.45) is 0 Å². The van der Waals surface area contributed by atoms with E-state index in [1.54, 1.807) is 6.07 Å². The fraction of sp³-hybridized carbons (Fsp3) is 0.241. The van der Waals surface area contributed by atoms with Gasteiger partial charge < -0.3 is 0 Å². The van der Waals surface area contributed by atoms with E-state index in [0.717, 1.165) is 49.8 Å². The van der Waals surface area contributed by atoms with Crippen LogP contribution in [0.3, 0.4) is 0 Å². The molecular weight excluding hydrogens is 462 g/mol. The van der Waals surface area contributed by atoms with Crippen molar-refractivity contribution in [3.05, 3.63) is 95.1 Å². The Balaban J connectivity index is 1.61. The van der Waals surface area contributed by atoms with Gasteiger partial charge in [-0.2, -0.15) is 0 Å². The van der Waals surface area contributed by atoms with Gasteiger partial charge in [-0.1, -0.05) is 56.9 Å². The molecule has 4 aromatic carbocycles. The topological polar surface area (TPSA) is 0 Å². The van der Waals surface area contributed by atoms with E-state index in [2.05, 4.69) is 6.92 Å². The monoisotopic (exact) mass is 486 g/mol. The molecule has 0 aromatic heterocycles. The Bertz CT molecular complexity index is 1380. The number of rotatable bonds is 8. The maximum Gasteiger partial charge on any atom is 0.195 e. The maximum absolute atomic E-state index is 15.0. The smallest absolute Gasteiger partial charge is 0.195 e. The summed E-state index contributed by atoms with van der Waals surface area (Å²) in [7, 11) is 0. The molecule has 0 N–H and O–H groups in total. The highest BCUT2D eigenvalue weighted by molar-refractivity contribution is 5.89. The summed E-state index contributed by atoms with van der Waals surface area (Å²) in [4.78, 5) is 0. The number of benzene rings is 4. The molecule has 0 saturated carbocycles. The SMILES string of the molecule is CCCCCCCc1ccc(-c2ccc(-c3cc(F)c4c(F)c(F)c(F)cc4c3)c(F)c2)c(F)c1. The summed E-state index contributed by atoms with van der Waals surface area (Å²) in [6.07, 6.45) is 6.34. The summed E-state index contributed by atoms with van der Waals surface area (Å²) >= 11 is 0. The van der Waals surface area contributed by atoms with Crippen LogP contribution in [0.15, 0.2) is 54.6 Å². The van der Waals surface area contributed by atoms with Crippen molar-refractivity contribution < 1.29 is 26.3 Å². The molecule has 182 valence electrons. The van der Waals surface area contributed by atoms with Gasteiger partial charge in [0.15, 0.2) is 17.5 Å². The summed E-state index contributed by atoms with van der Waals surface area (Å²) in [5, 5.41) is -0.951. The second-order valence-corrected chi connectivity index (χ2v) is 8.72. The molecule has 0 atom stereocenters. The Labute approximate surface area is 200 Å². The van der Waals surface area contributed by atoms with Crippen molar-refractivity contribution in [1.29, 1.82) is 0 Å². The first-order valence-electron chi connectivity index (χ1n) is 11.7. The van der Waals surface area contributed by atoms with Crippen LogP contribution in [-0.2, 0) is 6.42 Å². The highest BCUT2D eigenvalue weighted by atomic mass is 19.2. The van der Waals surface area contributed by atoms with Gasteiger partial charge in [-0.25, -0.2) is 26.3 Å². The van der Waals surface area contributed by atoms with E-state index in [9.17, 15) is 22.0 Å². The summed E-state index contributed by atoms with van der Waals surface area (Å²) in [5.41, 5.74) is 1.39. The largest absolute Gasteiger partial charge is 0.206 e. The summed E-state index contributed by atoms with van der Waals surface area (Å²) in [5.74, 6) is -7.25. The van der Waals surface area contributed by atoms with Crippen LogP contribution < -0.4 is 0 Å². The Morgan fingerprint density at radius 1 is 0.543 bits per heavy atom. The Morgan fingerprint density at radius 2 is 1.20 bits per heavy atom. The van der Waals surface area contributed by atoms with Crippen molar-refractivity contribution in [2.45, 2.75) is 45.4 Å². The highest BCUT2D eigenvalue weighted by Crippen LogP contribution is 2.34. The zero-order valence-electron chi connectivity index (χ0n) is 19.2. The zero-order chi connectivity index (χ0) is 25.1. The molecule has 0 aliphatic rings. The van der Waals surface area contributed by atoms with Crippen molar-refractivity contribution in [3.63, 3.8) is 0 Å². The van der Waals surface area contributed by atoms with Crippen LogP contribution in [0.1, 0.15) is 44.6 Å². The minimum atomic E-state index is -1.77. The lowest BCUT2D eigenvalue weighted by Gasteiger charge is -2.11. The first-order chi connectivity index (χ1) is 16.8. The molecule has 4 aromatic rings. The average Bonchev–Trinajstić information content (AvgIpc) is 2.82.